The number of carbonyl (C=O) groups is 1. The van der Waals surface area contributed by atoms with Gasteiger partial charge >= 0.3 is 0 Å². The van der Waals surface area contributed by atoms with E-state index in [2.05, 4.69) is 33.1 Å². The van der Waals surface area contributed by atoms with Crippen molar-refractivity contribution >= 4 is 11.6 Å². The van der Waals surface area contributed by atoms with Crippen LogP contribution in [0.4, 0.5) is 10.1 Å². The fourth-order valence-corrected chi connectivity index (χ4v) is 6.72. The van der Waals surface area contributed by atoms with Gasteiger partial charge in [0.25, 0.3) is 0 Å². The summed E-state index contributed by atoms with van der Waals surface area (Å²) < 4.78 is 27.2. The lowest BCUT2D eigenvalue weighted by Crippen LogP contribution is -2.58. The maximum atomic E-state index is 15.2. The molecule has 6 atom stereocenters. The van der Waals surface area contributed by atoms with Crippen molar-refractivity contribution in [1.82, 2.24) is 15.1 Å². The van der Waals surface area contributed by atoms with Crippen LogP contribution in [0.5, 0.6) is 0 Å². The molecule has 208 valence electrons. The van der Waals surface area contributed by atoms with E-state index in [0.29, 0.717) is 24.4 Å². The largest absolute Gasteiger partial charge is 0.373 e. The van der Waals surface area contributed by atoms with E-state index < -0.39 is 6.04 Å². The molecule has 1 N–H and O–H groups in total. The average molecular weight is 528 g/mol. The SMILES string of the molecule is CN1CCO[C@H]2CN(c3ccc(C[C@@H](C#N)NC(=O)[C@@H]4[C@H]5CC[C@H](C5)N4COC(C)(C)C)c(F)c3)CC[C@@H]21. The van der Waals surface area contributed by atoms with E-state index in [0.717, 1.165) is 57.6 Å². The highest BCUT2D eigenvalue weighted by Crippen LogP contribution is 2.42. The number of hydrogen-bond donors (Lipinski definition) is 1. The molecule has 1 aromatic carbocycles. The van der Waals surface area contributed by atoms with Crippen LogP contribution in [0.25, 0.3) is 0 Å². The van der Waals surface area contributed by atoms with Gasteiger partial charge in [0, 0.05) is 43.8 Å². The lowest BCUT2D eigenvalue weighted by atomic mass is 9.97. The monoisotopic (exact) mass is 527 g/mol. The van der Waals surface area contributed by atoms with Crippen LogP contribution in [0.3, 0.4) is 0 Å². The molecule has 3 saturated heterocycles. The molecule has 1 aromatic rings. The van der Waals surface area contributed by atoms with Crippen molar-refractivity contribution < 1.29 is 18.7 Å². The van der Waals surface area contributed by atoms with Crippen LogP contribution < -0.4 is 10.2 Å². The average Bonchev–Trinajstić information content (AvgIpc) is 3.49. The molecule has 4 fully saturated rings. The Morgan fingerprint density at radius 1 is 1.29 bits per heavy atom. The van der Waals surface area contributed by atoms with E-state index in [1.165, 1.54) is 0 Å². The molecule has 4 aliphatic rings. The number of likely N-dealkylation sites (tertiary alicyclic amines) is 1. The lowest BCUT2D eigenvalue weighted by molar-refractivity contribution is -0.136. The van der Waals surface area contributed by atoms with Gasteiger partial charge in [-0.25, -0.2) is 4.39 Å². The van der Waals surface area contributed by atoms with Crippen LogP contribution in [0.15, 0.2) is 18.2 Å². The molecule has 3 aliphatic heterocycles. The maximum Gasteiger partial charge on any atom is 0.238 e. The predicted octanol–water partition coefficient (Wildman–Crippen LogP) is 2.91. The van der Waals surface area contributed by atoms with Crippen LogP contribution in [-0.2, 0) is 20.7 Å². The van der Waals surface area contributed by atoms with Crippen LogP contribution in [0, 0.1) is 23.1 Å². The van der Waals surface area contributed by atoms with Crippen molar-refractivity contribution in [1.29, 1.82) is 5.26 Å². The Balaban J connectivity index is 1.20. The molecule has 8 nitrogen and oxygen atoms in total. The zero-order chi connectivity index (χ0) is 27.0. The molecule has 38 heavy (non-hydrogen) atoms. The Bertz CT molecular complexity index is 1060. The fraction of sp³-hybridized carbons (Fsp3) is 0.724. The Labute approximate surface area is 226 Å². The van der Waals surface area contributed by atoms with Gasteiger partial charge in [0.05, 0.1) is 30.4 Å². The normalized spacial score (nSPS) is 30.6. The van der Waals surface area contributed by atoms with Crippen molar-refractivity contribution in [2.45, 2.75) is 88.7 Å². The molecule has 1 amide bonds. The second kappa shape index (κ2) is 11.1. The highest BCUT2D eigenvalue weighted by Gasteiger charge is 2.49. The minimum absolute atomic E-state index is 0.127. The number of fused-ring (bicyclic) bond motifs is 3. The Morgan fingerprint density at radius 3 is 2.84 bits per heavy atom. The van der Waals surface area contributed by atoms with E-state index in [-0.39, 0.29) is 41.8 Å². The summed E-state index contributed by atoms with van der Waals surface area (Å²) in [6.07, 6.45) is 4.31. The highest BCUT2D eigenvalue weighted by molar-refractivity contribution is 5.83. The van der Waals surface area contributed by atoms with Crippen LogP contribution in [0.1, 0.15) is 52.0 Å². The van der Waals surface area contributed by atoms with Crippen LogP contribution in [-0.4, -0.2) is 91.6 Å². The summed E-state index contributed by atoms with van der Waals surface area (Å²) in [4.78, 5) is 20.0. The summed E-state index contributed by atoms with van der Waals surface area (Å²) in [5, 5.41) is 12.7. The van der Waals surface area contributed by atoms with Crippen LogP contribution >= 0.6 is 0 Å². The van der Waals surface area contributed by atoms with Crippen molar-refractivity contribution in [3.05, 3.63) is 29.6 Å². The van der Waals surface area contributed by atoms with Gasteiger partial charge in [-0.3, -0.25) is 14.6 Å². The number of anilines is 1. The number of benzene rings is 1. The minimum Gasteiger partial charge on any atom is -0.373 e. The fourth-order valence-electron chi connectivity index (χ4n) is 6.72. The van der Waals surface area contributed by atoms with Gasteiger partial charge in [-0.1, -0.05) is 6.07 Å². The molecule has 2 bridgehead atoms. The molecule has 0 aromatic heterocycles. The van der Waals surface area contributed by atoms with E-state index >= 15 is 4.39 Å². The third-order valence-corrected chi connectivity index (χ3v) is 8.80. The summed E-state index contributed by atoms with van der Waals surface area (Å²) in [5.41, 5.74) is 0.970. The lowest BCUT2D eigenvalue weighted by Gasteiger charge is -2.46. The number of nitrogens with zero attached hydrogens (tertiary/aromatic N) is 4. The second-order valence-corrected chi connectivity index (χ2v) is 12.4. The van der Waals surface area contributed by atoms with Crippen molar-refractivity contribution in [3.63, 3.8) is 0 Å². The molecule has 0 spiro atoms. The topological polar surface area (TPSA) is 81.1 Å². The van der Waals surface area contributed by atoms with Gasteiger partial charge in [0.1, 0.15) is 18.6 Å². The minimum atomic E-state index is -0.797. The zero-order valence-corrected chi connectivity index (χ0v) is 23.2. The third kappa shape index (κ3) is 5.84. The Hall–Kier alpha value is -2.25. The van der Waals surface area contributed by atoms with E-state index in [9.17, 15) is 10.1 Å². The number of nitriles is 1. The number of nitrogens with one attached hydrogen (secondary N) is 1. The number of rotatable bonds is 7. The number of ether oxygens (including phenoxy) is 2. The zero-order valence-electron chi connectivity index (χ0n) is 23.2. The first-order chi connectivity index (χ1) is 18.1. The number of hydrogen-bond acceptors (Lipinski definition) is 7. The van der Waals surface area contributed by atoms with Gasteiger partial charge in [0.15, 0.2) is 0 Å². The third-order valence-electron chi connectivity index (χ3n) is 8.80. The van der Waals surface area contributed by atoms with E-state index in [1.807, 2.05) is 26.8 Å². The number of morpholine rings is 1. The van der Waals surface area contributed by atoms with Crippen molar-refractivity contribution in [2.75, 3.05) is 44.9 Å². The van der Waals surface area contributed by atoms with Crippen molar-refractivity contribution in [2.24, 2.45) is 5.92 Å². The van der Waals surface area contributed by atoms with Gasteiger partial charge in [-0.15, -0.1) is 0 Å². The molecule has 3 heterocycles. The van der Waals surface area contributed by atoms with Gasteiger partial charge in [0.2, 0.25) is 5.91 Å². The molecule has 1 aliphatic carbocycles. The molecule has 1 saturated carbocycles. The molecular formula is C29H42FN5O3. The first kappa shape index (κ1) is 27.3. The predicted molar refractivity (Wildman–Crippen MR) is 143 cm³/mol. The molecule has 9 heteroatoms. The van der Waals surface area contributed by atoms with Crippen LogP contribution in [0.2, 0.25) is 0 Å². The smallest absolute Gasteiger partial charge is 0.238 e. The number of carbonyl (C=O) groups excluding carboxylic acids is 1. The number of halogens is 1. The molecular weight excluding hydrogens is 485 g/mol. The molecule has 0 radical (unpaired) electrons. The summed E-state index contributed by atoms with van der Waals surface area (Å²) in [5.74, 6) is -0.226. The standard InChI is InChI=1S/C29H42FN5O3/c1-29(2,3)38-18-35-23-8-6-20(14-23)27(35)28(36)32-21(16-31)13-19-5-7-22(15-24(19)30)34-10-9-25-26(17-34)37-12-11-33(25)4/h5,7,15,20-21,23,25-27H,6,8-14,17-18H2,1-4H3,(H,32,36)/t20-,21-,23+,25-,26-,27-/m0/s1. The number of likely N-dealkylation sites (N-methyl/N-ethyl adjacent to an activating group) is 1. The summed E-state index contributed by atoms with van der Waals surface area (Å²) in [6.45, 7) is 9.68. The quantitative estimate of drug-likeness (QED) is 0.584. The number of piperidine rings is 2. The Morgan fingerprint density at radius 2 is 2.11 bits per heavy atom. The Kier molecular flexibility index (Phi) is 7.97. The first-order valence-electron chi connectivity index (χ1n) is 14.1. The highest BCUT2D eigenvalue weighted by atomic mass is 19.1. The van der Waals surface area contributed by atoms with E-state index in [4.69, 9.17) is 9.47 Å². The first-order valence-corrected chi connectivity index (χ1v) is 14.1. The van der Waals surface area contributed by atoms with E-state index in [1.54, 1.807) is 12.1 Å². The second-order valence-electron chi connectivity index (χ2n) is 12.4. The van der Waals surface area contributed by atoms with Gasteiger partial charge < -0.3 is 19.7 Å². The number of amides is 1. The summed E-state index contributed by atoms with van der Waals surface area (Å²) in [6, 6.07) is 7.06. The molecule has 5 rings (SSSR count). The van der Waals surface area contributed by atoms with Gasteiger partial charge in [-0.2, -0.15) is 5.26 Å². The van der Waals surface area contributed by atoms with Crippen molar-refractivity contribution in [3.8, 4) is 6.07 Å². The summed E-state index contributed by atoms with van der Waals surface area (Å²) >= 11 is 0. The summed E-state index contributed by atoms with van der Waals surface area (Å²) in [7, 11) is 2.14. The maximum absolute atomic E-state index is 15.2. The molecule has 0 unspecified atom stereocenters. The van der Waals surface area contributed by atoms with Gasteiger partial charge in [-0.05, 0) is 77.1 Å².